The van der Waals surface area contributed by atoms with E-state index in [0.717, 1.165) is 53.2 Å². The van der Waals surface area contributed by atoms with E-state index in [4.69, 9.17) is 9.72 Å². The van der Waals surface area contributed by atoms with E-state index in [1.54, 1.807) is 17.8 Å². The number of rotatable bonds is 6. The number of aromatic nitrogens is 5. The first-order chi connectivity index (χ1) is 19.1. The number of aryl methyl sites for hydroxylation is 1. The maximum Gasteiger partial charge on any atom is 0.212 e. The zero-order chi connectivity index (χ0) is 26.5. The maximum atomic E-state index is 9.72. The van der Waals surface area contributed by atoms with E-state index < -0.39 is 0 Å². The van der Waals surface area contributed by atoms with Crippen LogP contribution in [0.1, 0.15) is 17.5 Å². The van der Waals surface area contributed by atoms with Gasteiger partial charge in [-0.15, -0.1) is 0 Å². The van der Waals surface area contributed by atoms with Crippen LogP contribution >= 0.6 is 0 Å². The van der Waals surface area contributed by atoms with Crippen molar-refractivity contribution in [3.8, 4) is 34.2 Å². The largest absolute Gasteiger partial charge is 0.481 e. The first-order valence-electron chi connectivity index (χ1n) is 13.1. The Hall–Kier alpha value is -4.68. The predicted octanol–water partition coefficient (Wildman–Crippen LogP) is 4.14. The van der Waals surface area contributed by atoms with Gasteiger partial charge in [0.25, 0.3) is 0 Å². The lowest BCUT2D eigenvalue weighted by atomic mass is 9.87. The summed E-state index contributed by atoms with van der Waals surface area (Å²) in [6.45, 7) is 2.83. The van der Waals surface area contributed by atoms with Crippen LogP contribution in [0.2, 0.25) is 0 Å². The molecule has 2 unspecified atom stereocenters. The smallest absolute Gasteiger partial charge is 0.212 e. The summed E-state index contributed by atoms with van der Waals surface area (Å²) in [7, 11) is 3.65. The van der Waals surface area contributed by atoms with Crippen LogP contribution < -0.4 is 9.64 Å². The molecule has 0 radical (unpaired) electrons. The zero-order valence-corrected chi connectivity index (χ0v) is 21.9. The molecule has 9 nitrogen and oxygen atoms in total. The Bertz CT molecular complexity index is 1680. The number of ether oxygens (including phenoxy) is 1. The molecule has 0 spiro atoms. The minimum Gasteiger partial charge on any atom is -0.481 e. The number of hydrogen-bond donors (Lipinski definition) is 0. The molecule has 3 fully saturated rings. The third-order valence-corrected chi connectivity index (χ3v) is 8.00. The molecule has 194 valence electrons. The second-order valence-electron chi connectivity index (χ2n) is 10.4. The lowest BCUT2D eigenvalue weighted by Crippen LogP contribution is -2.68. The van der Waals surface area contributed by atoms with Gasteiger partial charge in [-0.2, -0.15) is 10.4 Å². The number of nitriles is 1. The van der Waals surface area contributed by atoms with Crippen LogP contribution in [0.25, 0.3) is 27.8 Å². The number of hydrogen-bond acceptors (Lipinski definition) is 7. The van der Waals surface area contributed by atoms with E-state index in [1.165, 1.54) is 12.0 Å². The average molecular weight is 517 g/mol. The maximum absolute atomic E-state index is 9.72. The Morgan fingerprint density at radius 1 is 0.974 bits per heavy atom. The highest BCUT2D eigenvalue weighted by atomic mass is 16.5. The highest BCUT2D eigenvalue weighted by Gasteiger charge is 2.44. The predicted molar refractivity (Wildman–Crippen MR) is 148 cm³/mol. The van der Waals surface area contributed by atoms with Gasteiger partial charge in [0, 0.05) is 98.1 Å². The van der Waals surface area contributed by atoms with E-state index in [0.29, 0.717) is 23.5 Å². The summed E-state index contributed by atoms with van der Waals surface area (Å²) in [5.74, 6) is 1.64. The Balaban J connectivity index is 1.12. The minimum atomic E-state index is 0.513. The molecule has 3 saturated heterocycles. The summed E-state index contributed by atoms with van der Waals surface area (Å²) in [6.07, 6.45) is 12.8. The summed E-state index contributed by atoms with van der Waals surface area (Å²) < 4.78 is 9.01. The first kappa shape index (κ1) is 23.4. The van der Waals surface area contributed by atoms with Crippen LogP contribution in [0.15, 0.2) is 73.6 Å². The quantitative estimate of drug-likeness (QED) is 0.335. The standard InChI is InChI=1S/C30H28N8O/c1-35-8-7-22(16-35)23-9-27(30-24(11-31)14-34-38(30)17-23)21-4-5-28(32-13-21)36-18-25-10-26(19-36)37(25)15-20-3-6-29(39-2)33-12-20/h3-9,12-14,16-17,25-26H,10,15,18-19H2,1-2H3. The van der Waals surface area contributed by atoms with Gasteiger partial charge in [0.2, 0.25) is 5.88 Å². The number of nitrogens with zero attached hydrogens (tertiary/aromatic N) is 8. The van der Waals surface area contributed by atoms with Gasteiger partial charge in [-0.3, -0.25) is 4.90 Å². The van der Waals surface area contributed by atoms with Gasteiger partial charge in [-0.25, -0.2) is 14.5 Å². The van der Waals surface area contributed by atoms with Crippen molar-refractivity contribution in [3.05, 3.63) is 84.7 Å². The van der Waals surface area contributed by atoms with Gasteiger partial charge >= 0.3 is 0 Å². The highest BCUT2D eigenvalue weighted by Crippen LogP contribution is 2.37. The minimum absolute atomic E-state index is 0.513. The Kier molecular flexibility index (Phi) is 5.56. The van der Waals surface area contributed by atoms with Gasteiger partial charge in [0.15, 0.2) is 0 Å². The topological polar surface area (TPSA) is 87.5 Å². The Morgan fingerprint density at radius 2 is 1.85 bits per heavy atom. The van der Waals surface area contributed by atoms with Crippen molar-refractivity contribution in [2.45, 2.75) is 25.0 Å². The monoisotopic (exact) mass is 516 g/mol. The number of piperazine rings is 1. The highest BCUT2D eigenvalue weighted by molar-refractivity contribution is 5.87. The molecule has 0 amide bonds. The van der Waals surface area contributed by atoms with E-state index in [-0.39, 0.29) is 0 Å². The molecule has 5 aromatic rings. The summed E-state index contributed by atoms with van der Waals surface area (Å²) >= 11 is 0. The lowest BCUT2D eigenvalue weighted by molar-refractivity contribution is -0.00876. The number of piperidine rings is 1. The van der Waals surface area contributed by atoms with Gasteiger partial charge < -0.3 is 14.2 Å². The van der Waals surface area contributed by atoms with Crippen molar-refractivity contribution < 1.29 is 4.74 Å². The van der Waals surface area contributed by atoms with Crippen LogP contribution in [0.4, 0.5) is 5.82 Å². The Morgan fingerprint density at radius 3 is 2.51 bits per heavy atom. The molecule has 2 bridgehead atoms. The second kappa shape index (κ2) is 9.26. The van der Waals surface area contributed by atoms with E-state index in [2.05, 4.69) is 62.5 Å². The number of anilines is 1. The zero-order valence-electron chi connectivity index (χ0n) is 21.9. The fourth-order valence-corrected chi connectivity index (χ4v) is 5.96. The molecule has 8 rings (SSSR count). The third kappa shape index (κ3) is 4.10. The SMILES string of the molecule is COc1ccc(CN2C3CC2CN(c2ccc(-c4cc(-c5ccn(C)c5)cn5ncc(C#N)c45)cn2)C3)cn1. The molecule has 8 heterocycles. The molecule has 39 heavy (non-hydrogen) atoms. The van der Waals surface area contributed by atoms with Gasteiger partial charge in [0.1, 0.15) is 11.9 Å². The molecular weight excluding hydrogens is 488 g/mol. The van der Waals surface area contributed by atoms with Crippen molar-refractivity contribution in [3.63, 3.8) is 0 Å². The third-order valence-electron chi connectivity index (χ3n) is 8.00. The van der Waals surface area contributed by atoms with Crippen molar-refractivity contribution in [1.82, 2.24) is 29.0 Å². The molecule has 3 aliphatic rings. The number of pyridine rings is 3. The Labute approximate surface area is 226 Å². The van der Waals surface area contributed by atoms with Crippen LogP contribution in [-0.4, -0.2) is 61.3 Å². The van der Waals surface area contributed by atoms with Crippen molar-refractivity contribution in [2.24, 2.45) is 7.05 Å². The molecule has 0 aliphatic carbocycles. The normalized spacial score (nSPS) is 18.6. The number of fused-ring (bicyclic) bond motifs is 3. The summed E-state index contributed by atoms with van der Waals surface area (Å²) in [5, 5.41) is 14.2. The second-order valence-corrected chi connectivity index (χ2v) is 10.4. The number of methoxy groups -OCH3 is 1. The lowest BCUT2D eigenvalue weighted by Gasteiger charge is -2.56. The fraction of sp³-hybridized carbons (Fsp3) is 0.267. The van der Waals surface area contributed by atoms with Crippen molar-refractivity contribution in [1.29, 1.82) is 5.26 Å². The molecule has 0 N–H and O–H groups in total. The molecule has 5 aromatic heterocycles. The average Bonchev–Trinajstić information content (AvgIpc) is 3.62. The van der Waals surface area contributed by atoms with Gasteiger partial charge in [-0.05, 0) is 36.2 Å². The molecular formula is C30H28N8O. The van der Waals surface area contributed by atoms with Crippen molar-refractivity contribution in [2.75, 3.05) is 25.1 Å². The molecule has 0 saturated carbocycles. The van der Waals surface area contributed by atoms with E-state index in [9.17, 15) is 5.26 Å². The molecule has 0 aromatic carbocycles. The molecule has 9 heteroatoms. The summed E-state index contributed by atoms with van der Waals surface area (Å²) in [6, 6.07) is 15.8. The van der Waals surface area contributed by atoms with Crippen molar-refractivity contribution >= 4 is 11.3 Å². The first-order valence-corrected chi connectivity index (χ1v) is 13.1. The van der Waals surface area contributed by atoms with Crippen LogP contribution in [-0.2, 0) is 13.6 Å². The summed E-state index contributed by atoms with van der Waals surface area (Å²) in [4.78, 5) is 14.2. The van der Waals surface area contributed by atoms with Crippen LogP contribution in [0.5, 0.6) is 5.88 Å². The van der Waals surface area contributed by atoms with Crippen LogP contribution in [0.3, 0.4) is 0 Å². The van der Waals surface area contributed by atoms with E-state index >= 15 is 0 Å². The fourth-order valence-electron chi connectivity index (χ4n) is 5.96. The molecule has 2 atom stereocenters. The van der Waals surface area contributed by atoms with E-state index in [1.807, 2.05) is 42.5 Å². The van der Waals surface area contributed by atoms with Gasteiger partial charge in [0.05, 0.1) is 24.4 Å². The van der Waals surface area contributed by atoms with Gasteiger partial charge in [-0.1, -0.05) is 6.07 Å². The molecule has 3 aliphatic heterocycles. The summed E-state index contributed by atoms with van der Waals surface area (Å²) in [5.41, 5.74) is 6.62. The van der Waals surface area contributed by atoms with Crippen LogP contribution in [0, 0.1) is 11.3 Å².